The third-order valence-corrected chi connectivity index (χ3v) is 6.63. The summed E-state index contributed by atoms with van der Waals surface area (Å²) >= 11 is 6.40. The molecule has 1 amide bonds. The van der Waals surface area contributed by atoms with Crippen LogP contribution in [0.4, 0.5) is 0 Å². The van der Waals surface area contributed by atoms with E-state index < -0.39 is 0 Å². The van der Waals surface area contributed by atoms with E-state index in [1.165, 1.54) is 0 Å². The summed E-state index contributed by atoms with van der Waals surface area (Å²) in [6.07, 6.45) is 2.28. The van der Waals surface area contributed by atoms with E-state index in [9.17, 15) is 4.79 Å². The van der Waals surface area contributed by atoms with E-state index in [1.807, 2.05) is 42.5 Å². The number of benzene rings is 2. The van der Waals surface area contributed by atoms with Crippen molar-refractivity contribution in [2.24, 2.45) is 5.92 Å². The van der Waals surface area contributed by atoms with Gasteiger partial charge in [-0.3, -0.25) is 4.79 Å². The second-order valence-electron chi connectivity index (χ2n) is 8.55. The molecule has 1 aliphatic rings. The van der Waals surface area contributed by atoms with Gasteiger partial charge in [0, 0.05) is 35.1 Å². The predicted molar refractivity (Wildman–Crippen MR) is 124 cm³/mol. The lowest BCUT2D eigenvalue weighted by molar-refractivity contribution is 0.0921. The first-order valence-electron chi connectivity index (χ1n) is 10.9. The Labute approximate surface area is 183 Å². The van der Waals surface area contributed by atoms with Gasteiger partial charge in [0.05, 0.1) is 0 Å². The highest BCUT2D eigenvalue weighted by Gasteiger charge is 2.22. The predicted octanol–water partition coefficient (Wildman–Crippen LogP) is 5.19. The van der Waals surface area contributed by atoms with Crippen LogP contribution < -0.4 is 5.32 Å². The molecule has 2 heterocycles. The number of carbonyl (C=O) groups excluding carboxylic acids is 1. The lowest BCUT2D eigenvalue weighted by Crippen LogP contribution is -2.41. The Hall–Kier alpha value is -2.30. The number of nitrogens with one attached hydrogen (secondary N) is 1. The van der Waals surface area contributed by atoms with E-state index >= 15 is 0 Å². The van der Waals surface area contributed by atoms with Crippen molar-refractivity contribution < 1.29 is 4.79 Å². The number of carbonyl (C=O) groups is 1. The van der Waals surface area contributed by atoms with Gasteiger partial charge in [0.1, 0.15) is 5.69 Å². The van der Waals surface area contributed by atoms with E-state index in [0.29, 0.717) is 24.2 Å². The summed E-state index contributed by atoms with van der Waals surface area (Å²) in [5.41, 5.74) is 2.75. The van der Waals surface area contributed by atoms with Crippen LogP contribution in [-0.4, -0.2) is 41.1 Å². The summed E-state index contributed by atoms with van der Waals surface area (Å²) < 4.78 is 2.08. The zero-order chi connectivity index (χ0) is 21.1. The van der Waals surface area contributed by atoms with Gasteiger partial charge in [-0.25, -0.2) is 0 Å². The van der Waals surface area contributed by atoms with Crippen LogP contribution in [-0.2, 0) is 6.54 Å². The molecule has 5 heteroatoms. The van der Waals surface area contributed by atoms with Crippen molar-refractivity contribution in [3.05, 3.63) is 70.9 Å². The molecule has 0 atom stereocenters. The smallest absolute Gasteiger partial charge is 0.267 e. The molecule has 0 saturated carbocycles. The van der Waals surface area contributed by atoms with Gasteiger partial charge < -0.3 is 14.8 Å². The van der Waals surface area contributed by atoms with Crippen LogP contribution in [0.15, 0.2) is 54.6 Å². The van der Waals surface area contributed by atoms with Gasteiger partial charge in [0.15, 0.2) is 0 Å². The number of fused-ring (bicyclic) bond motifs is 1. The highest BCUT2D eigenvalue weighted by molar-refractivity contribution is 6.31. The first-order valence-corrected chi connectivity index (χ1v) is 11.2. The molecule has 0 bridgehead atoms. The number of hydrogen-bond donors (Lipinski definition) is 1. The van der Waals surface area contributed by atoms with E-state index in [2.05, 4.69) is 40.8 Å². The molecule has 30 heavy (non-hydrogen) atoms. The lowest BCUT2D eigenvalue weighted by Gasteiger charge is -2.34. The van der Waals surface area contributed by atoms with E-state index in [0.717, 1.165) is 54.0 Å². The highest BCUT2D eigenvalue weighted by atomic mass is 35.5. The molecule has 4 rings (SSSR count). The number of amides is 1. The number of likely N-dealkylation sites (tertiary alicyclic amines) is 1. The SMILES string of the molecule is CC(C)N1CCC(CNC(=O)c2cc3ccccc3n2Cc2ccccc2Cl)CC1. The second-order valence-corrected chi connectivity index (χ2v) is 8.96. The molecule has 0 spiro atoms. The molecule has 158 valence electrons. The third kappa shape index (κ3) is 4.55. The Morgan fingerprint density at radius 2 is 1.80 bits per heavy atom. The zero-order valence-electron chi connectivity index (χ0n) is 17.8. The maximum Gasteiger partial charge on any atom is 0.267 e. The number of para-hydroxylation sites is 1. The minimum absolute atomic E-state index is 0.00968. The van der Waals surface area contributed by atoms with Crippen molar-refractivity contribution in [1.29, 1.82) is 0 Å². The number of nitrogens with zero attached hydrogens (tertiary/aromatic N) is 2. The molecule has 0 radical (unpaired) electrons. The summed E-state index contributed by atoms with van der Waals surface area (Å²) in [5, 5.41) is 4.99. The number of aromatic nitrogens is 1. The monoisotopic (exact) mass is 423 g/mol. The largest absolute Gasteiger partial charge is 0.350 e. The molecule has 1 saturated heterocycles. The quantitative estimate of drug-likeness (QED) is 0.592. The number of hydrogen-bond acceptors (Lipinski definition) is 2. The van der Waals surface area contributed by atoms with Gasteiger partial charge in [-0.05, 0) is 69.5 Å². The van der Waals surface area contributed by atoms with Crippen molar-refractivity contribution in [1.82, 2.24) is 14.8 Å². The normalized spacial score (nSPS) is 15.7. The topological polar surface area (TPSA) is 37.3 Å². The lowest BCUT2D eigenvalue weighted by atomic mass is 9.96. The molecule has 1 aromatic heterocycles. The van der Waals surface area contributed by atoms with Gasteiger partial charge >= 0.3 is 0 Å². The Bertz CT molecular complexity index is 1020. The van der Waals surface area contributed by atoms with Gasteiger partial charge in [0.25, 0.3) is 5.91 Å². The molecular weight excluding hydrogens is 394 g/mol. The van der Waals surface area contributed by atoms with Crippen LogP contribution in [0.5, 0.6) is 0 Å². The van der Waals surface area contributed by atoms with Crippen LogP contribution in [0.3, 0.4) is 0 Å². The second kappa shape index (κ2) is 9.23. The van der Waals surface area contributed by atoms with E-state index in [1.54, 1.807) is 0 Å². The minimum Gasteiger partial charge on any atom is -0.350 e. The fraction of sp³-hybridized carbons (Fsp3) is 0.400. The molecule has 0 aliphatic carbocycles. The summed E-state index contributed by atoms with van der Waals surface area (Å²) in [6, 6.07) is 18.5. The third-order valence-electron chi connectivity index (χ3n) is 6.26. The average Bonchev–Trinajstić information content (AvgIpc) is 3.12. The summed E-state index contributed by atoms with van der Waals surface area (Å²) in [6.45, 7) is 8.04. The maximum absolute atomic E-state index is 13.2. The van der Waals surface area contributed by atoms with Gasteiger partial charge in [-0.1, -0.05) is 48.0 Å². The molecule has 1 N–H and O–H groups in total. The first-order chi connectivity index (χ1) is 14.5. The highest BCUT2D eigenvalue weighted by Crippen LogP contribution is 2.24. The molecule has 1 aliphatic heterocycles. The van der Waals surface area contributed by atoms with Crippen LogP contribution in [0.1, 0.15) is 42.7 Å². The van der Waals surface area contributed by atoms with Gasteiger partial charge in [0.2, 0.25) is 0 Å². The van der Waals surface area contributed by atoms with E-state index in [-0.39, 0.29) is 5.91 Å². The Balaban J connectivity index is 1.50. The zero-order valence-corrected chi connectivity index (χ0v) is 18.5. The molecule has 0 unspecified atom stereocenters. The molecule has 4 nitrogen and oxygen atoms in total. The molecular formula is C25H30ClN3O. The summed E-state index contributed by atoms with van der Waals surface area (Å²) in [7, 11) is 0. The number of piperidine rings is 1. The minimum atomic E-state index is -0.00968. The van der Waals surface area contributed by atoms with Crippen LogP contribution >= 0.6 is 11.6 Å². The van der Waals surface area contributed by atoms with Crippen LogP contribution in [0.2, 0.25) is 5.02 Å². The van der Waals surface area contributed by atoms with Crippen molar-refractivity contribution >= 4 is 28.4 Å². The van der Waals surface area contributed by atoms with Gasteiger partial charge in [-0.2, -0.15) is 0 Å². The molecule has 3 aromatic rings. The summed E-state index contributed by atoms with van der Waals surface area (Å²) in [4.78, 5) is 15.7. The fourth-order valence-corrected chi connectivity index (χ4v) is 4.56. The van der Waals surface area contributed by atoms with E-state index in [4.69, 9.17) is 11.6 Å². The Kier molecular flexibility index (Phi) is 6.45. The van der Waals surface area contributed by atoms with Crippen molar-refractivity contribution in [2.45, 2.75) is 39.3 Å². The number of halogens is 1. The summed E-state index contributed by atoms with van der Waals surface area (Å²) in [5.74, 6) is 0.537. The van der Waals surface area contributed by atoms with Crippen molar-refractivity contribution in [2.75, 3.05) is 19.6 Å². The van der Waals surface area contributed by atoms with Gasteiger partial charge in [-0.15, -0.1) is 0 Å². The number of rotatable bonds is 6. The van der Waals surface area contributed by atoms with Crippen molar-refractivity contribution in [3.63, 3.8) is 0 Å². The first kappa shape index (κ1) is 21.0. The fourth-order valence-electron chi connectivity index (χ4n) is 4.37. The molecule has 1 fully saturated rings. The maximum atomic E-state index is 13.2. The van der Waals surface area contributed by atoms with Crippen LogP contribution in [0.25, 0.3) is 10.9 Å². The molecule has 2 aromatic carbocycles. The van der Waals surface area contributed by atoms with Crippen molar-refractivity contribution in [3.8, 4) is 0 Å². The average molecular weight is 424 g/mol. The Morgan fingerprint density at radius 3 is 2.53 bits per heavy atom. The standard InChI is InChI=1S/C25H30ClN3O/c1-18(2)28-13-11-19(12-14-28)16-27-25(30)24-15-20-7-4-6-10-23(20)29(24)17-21-8-3-5-9-22(21)26/h3-10,15,18-19H,11-14,16-17H2,1-2H3,(H,27,30). The Morgan fingerprint density at radius 1 is 1.10 bits per heavy atom. The van der Waals surface area contributed by atoms with Crippen LogP contribution in [0, 0.1) is 5.92 Å².